The van der Waals surface area contributed by atoms with Crippen molar-refractivity contribution in [3.8, 4) is 0 Å². The first-order valence-corrected chi connectivity index (χ1v) is 9.15. The Hall–Kier alpha value is -2.69. The Morgan fingerprint density at radius 3 is 2.54 bits per heavy atom. The van der Waals surface area contributed by atoms with Gasteiger partial charge in [-0.1, -0.05) is 43.3 Å². The van der Waals surface area contributed by atoms with Crippen molar-refractivity contribution >= 4 is 28.5 Å². The number of benzene rings is 2. The number of imide groups is 1. The molecule has 0 bridgehead atoms. The minimum Gasteiger partial charge on any atom is -0.323 e. The minimum atomic E-state index is -0.798. The molecule has 1 saturated carbocycles. The van der Waals surface area contributed by atoms with Gasteiger partial charge in [-0.15, -0.1) is 0 Å². The quantitative estimate of drug-likeness (QED) is 0.680. The number of carbonyl (C=O) groups is 3. The molecular weight excluding hydrogens is 328 g/mol. The van der Waals surface area contributed by atoms with Crippen LogP contribution in [0.5, 0.6) is 0 Å². The zero-order chi connectivity index (χ0) is 18.3. The van der Waals surface area contributed by atoms with Crippen LogP contribution in [0.1, 0.15) is 43.0 Å². The third kappa shape index (κ3) is 2.77. The lowest BCUT2D eigenvalue weighted by atomic mass is 9.77. The average Bonchev–Trinajstić information content (AvgIpc) is 2.88. The Kier molecular flexibility index (Phi) is 4.02. The fraction of sp³-hybridized carbons (Fsp3) is 0.381. The van der Waals surface area contributed by atoms with Gasteiger partial charge in [0.2, 0.25) is 0 Å². The number of fused-ring (bicyclic) bond motifs is 1. The van der Waals surface area contributed by atoms with Crippen molar-refractivity contribution in [2.75, 3.05) is 6.54 Å². The molecule has 1 saturated heterocycles. The van der Waals surface area contributed by atoms with Crippen LogP contribution < -0.4 is 5.32 Å². The molecule has 4 rings (SSSR count). The first-order valence-electron chi connectivity index (χ1n) is 9.15. The summed E-state index contributed by atoms with van der Waals surface area (Å²) in [4.78, 5) is 39.0. The van der Waals surface area contributed by atoms with Crippen molar-refractivity contribution in [1.29, 1.82) is 0 Å². The van der Waals surface area contributed by atoms with Gasteiger partial charge in [-0.25, -0.2) is 4.79 Å². The molecular formula is C21H22N2O3. The van der Waals surface area contributed by atoms with Crippen LogP contribution >= 0.6 is 0 Å². The third-order valence-corrected chi connectivity index (χ3v) is 5.75. The van der Waals surface area contributed by atoms with Gasteiger partial charge >= 0.3 is 6.03 Å². The molecule has 3 amide bonds. The summed E-state index contributed by atoms with van der Waals surface area (Å²) < 4.78 is 0. The number of carbonyl (C=O) groups excluding carboxylic acids is 3. The van der Waals surface area contributed by atoms with E-state index in [1.165, 1.54) is 0 Å². The second-order valence-corrected chi connectivity index (χ2v) is 7.57. The predicted octanol–water partition coefficient (Wildman–Crippen LogP) is 3.52. The first-order chi connectivity index (χ1) is 12.5. The fourth-order valence-corrected chi connectivity index (χ4v) is 4.01. The van der Waals surface area contributed by atoms with Gasteiger partial charge in [-0.2, -0.15) is 0 Å². The summed E-state index contributed by atoms with van der Waals surface area (Å²) >= 11 is 0. The van der Waals surface area contributed by atoms with E-state index in [9.17, 15) is 14.4 Å². The van der Waals surface area contributed by atoms with E-state index in [2.05, 4.69) is 12.2 Å². The number of hydrogen-bond donors (Lipinski definition) is 1. The summed E-state index contributed by atoms with van der Waals surface area (Å²) in [5.74, 6) is 0.0997. The Labute approximate surface area is 152 Å². The maximum atomic E-state index is 12.9. The zero-order valence-electron chi connectivity index (χ0n) is 14.8. The molecule has 1 spiro atoms. The number of nitrogens with zero attached hydrogens (tertiary/aromatic N) is 1. The molecule has 5 nitrogen and oxygen atoms in total. The zero-order valence-corrected chi connectivity index (χ0v) is 14.8. The predicted molar refractivity (Wildman–Crippen MR) is 98.9 cm³/mol. The molecule has 134 valence electrons. The van der Waals surface area contributed by atoms with E-state index in [4.69, 9.17) is 0 Å². The summed E-state index contributed by atoms with van der Waals surface area (Å²) in [7, 11) is 0. The number of amides is 3. The number of ketones is 1. The molecule has 0 aromatic heterocycles. The lowest BCUT2D eigenvalue weighted by molar-refractivity contribution is -0.132. The summed E-state index contributed by atoms with van der Waals surface area (Å²) in [6, 6.07) is 12.8. The van der Waals surface area contributed by atoms with Crippen LogP contribution in [-0.4, -0.2) is 34.7 Å². The van der Waals surface area contributed by atoms with Crippen LogP contribution in [0.4, 0.5) is 4.79 Å². The van der Waals surface area contributed by atoms with Gasteiger partial charge in [-0.3, -0.25) is 14.5 Å². The second kappa shape index (κ2) is 6.24. The lowest BCUT2D eigenvalue weighted by Crippen LogP contribution is -2.49. The molecule has 5 heteroatoms. The maximum Gasteiger partial charge on any atom is 0.325 e. The lowest BCUT2D eigenvalue weighted by Gasteiger charge is -2.33. The Morgan fingerprint density at radius 2 is 1.81 bits per heavy atom. The van der Waals surface area contributed by atoms with E-state index in [0.717, 1.165) is 28.5 Å². The van der Waals surface area contributed by atoms with E-state index < -0.39 is 11.6 Å². The molecule has 0 radical (unpaired) electrons. The topological polar surface area (TPSA) is 66.5 Å². The van der Waals surface area contributed by atoms with E-state index in [1.807, 2.05) is 36.4 Å². The fourth-order valence-electron chi connectivity index (χ4n) is 4.01. The van der Waals surface area contributed by atoms with E-state index in [-0.39, 0.29) is 18.2 Å². The number of rotatable bonds is 3. The Bertz CT molecular complexity index is 897. The molecule has 0 atom stereocenters. The normalized spacial score (nSPS) is 25.7. The molecule has 2 aliphatic rings. The number of nitrogens with one attached hydrogen (secondary N) is 1. The molecule has 2 aromatic rings. The molecule has 26 heavy (non-hydrogen) atoms. The van der Waals surface area contributed by atoms with Crippen molar-refractivity contribution in [2.24, 2.45) is 5.92 Å². The van der Waals surface area contributed by atoms with Gasteiger partial charge in [0.15, 0.2) is 5.78 Å². The highest BCUT2D eigenvalue weighted by Crippen LogP contribution is 2.36. The summed E-state index contributed by atoms with van der Waals surface area (Å²) in [5.41, 5.74) is -0.282. The van der Waals surface area contributed by atoms with Crippen LogP contribution in [-0.2, 0) is 4.79 Å². The van der Waals surface area contributed by atoms with Crippen molar-refractivity contribution in [1.82, 2.24) is 10.2 Å². The van der Waals surface area contributed by atoms with Gasteiger partial charge in [0.1, 0.15) is 5.54 Å². The molecule has 2 aromatic carbocycles. The van der Waals surface area contributed by atoms with Crippen molar-refractivity contribution < 1.29 is 14.4 Å². The maximum absolute atomic E-state index is 12.9. The van der Waals surface area contributed by atoms with E-state index >= 15 is 0 Å². The molecule has 1 aliphatic carbocycles. The number of hydrogen-bond acceptors (Lipinski definition) is 3. The van der Waals surface area contributed by atoms with Crippen LogP contribution in [0, 0.1) is 5.92 Å². The highest BCUT2D eigenvalue weighted by Gasteiger charge is 2.52. The first kappa shape index (κ1) is 16.8. The van der Waals surface area contributed by atoms with E-state index in [1.54, 1.807) is 6.07 Å². The molecule has 0 unspecified atom stereocenters. The highest BCUT2D eigenvalue weighted by atomic mass is 16.2. The van der Waals surface area contributed by atoms with Crippen LogP contribution in [0.15, 0.2) is 42.5 Å². The van der Waals surface area contributed by atoms with Gasteiger partial charge in [0, 0.05) is 5.56 Å². The number of Topliss-reactive ketones (excluding diaryl/α,β-unsaturated/α-hetero) is 1. The van der Waals surface area contributed by atoms with Crippen molar-refractivity contribution in [3.63, 3.8) is 0 Å². The monoisotopic (exact) mass is 350 g/mol. The van der Waals surface area contributed by atoms with Gasteiger partial charge in [-0.05, 0) is 48.4 Å². The van der Waals surface area contributed by atoms with E-state index in [0.29, 0.717) is 24.3 Å². The van der Waals surface area contributed by atoms with Gasteiger partial charge < -0.3 is 5.32 Å². The van der Waals surface area contributed by atoms with Gasteiger partial charge in [0.25, 0.3) is 5.91 Å². The smallest absolute Gasteiger partial charge is 0.323 e. The van der Waals surface area contributed by atoms with Crippen molar-refractivity contribution in [3.05, 3.63) is 48.0 Å². The molecule has 1 heterocycles. The third-order valence-electron chi connectivity index (χ3n) is 5.75. The minimum absolute atomic E-state index is 0.208. The second-order valence-electron chi connectivity index (χ2n) is 7.57. The highest BCUT2D eigenvalue weighted by molar-refractivity contribution is 6.11. The van der Waals surface area contributed by atoms with Gasteiger partial charge in [0.05, 0.1) is 6.54 Å². The summed E-state index contributed by atoms with van der Waals surface area (Å²) in [6.45, 7) is 1.95. The Balaban J connectivity index is 1.53. The van der Waals surface area contributed by atoms with Crippen LogP contribution in [0.2, 0.25) is 0 Å². The molecule has 1 aliphatic heterocycles. The largest absolute Gasteiger partial charge is 0.325 e. The standard InChI is InChI=1S/C21H22N2O3/c1-14-8-10-21(11-9-14)19(25)23(20(26)22-21)13-18(24)17-7-6-15-4-2-3-5-16(15)12-17/h2-7,12,14H,8-11,13H2,1H3,(H,22,26). The SMILES string of the molecule is CC1CCC2(CC1)NC(=O)N(CC(=O)c1ccc3ccccc3c1)C2=O. The Morgan fingerprint density at radius 1 is 1.12 bits per heavy atom. The van der Waals surface area contributed by atoms with Crippen molar-refractivity contribution in [2.45, 2.75) is 38.1 Å². The summed E-state index contributed by atoms with van der Waals surface area (Å²) in [6.07, 6.45) is 3.13. The molecule has 1 N–H and O–H groups in total. The summed E-state index contributed by atoms with van der Waals surface area (Å²) in [5, 5.41) is 4.88. The van der Waals surface area contributed by atoms with Crippen LogP contribution in [0.25, 0.3) is 10.8 Å². The average molecular weight is 350 g/mol. The van der Waals surface area contributed by atoms with Crippen LogP contribution in [0.3, 0.4) is 0 Å². The molecule has 2 fully saturated rings. The number of urea groups is 1.